The van der Waals surface area contributed by atoms with E-state index in [1.54, 1.807) is 0 Å². The molecule has 1 heterocycles. The van der Waals surface area contributed by atoms with Crippen molar-refractivity contribution in [3.05, 3.63) is 5.82 Å². The van der Waals surface area contributed by atoms with Crippen LogP contribution >= 0.6 is 0 Å². The fourth-order valence-electron chi connectivity index (χ4n) is 2.69. The third-order valence-corrected chi connectivity index (χ3v) is 4.11. The van der Waals surface area contributed by atoms with Crippen molar-refractivity contribution in [3.8, 4) is 0 Å². The normalized spacial score (nSPS) is 18.7. The third kappa shape index (κ3) is 4.76. The highest BCUT2D eigenvalue weighted by Crippen LogP contribution is 2.24. The number of nitrogens with zero attached hydrogens (tertiary/aromatic N) is 4. The number of amides is 1. The molecule has 1 saturated carbocycles. The van der Waals surface area contributed by atoms with Gasteiger partial charge in [0.25, 0.3) is 0 Å². The van der Waals surface area contributed by atoms with Crippen LogP contribution in [0.1, 0.15) is 65.1 Å². The van der Waals surface area contributed by atoms with E-state index in [0.717, 1.165) is 25.7 Å². The summed E-state index contributed by atoms with van der Waals surface area (Å²) in [6.07, 6.45) is 6.88. The lowest BCUT2D eigenvalue weighted by atomic mass is 9.91. The van der Waals surface area contributed by atoms with E-state index in [-0.39, 0.29) is 23.4 Å². The smallest absolute Gasteiger partial charge is 0.227 e. The van der Waals surface area contributed by atoms with Crippen LogP contribution < -0.4 is 11.1 Å². The van der Waals surface area contributed by atoms with Crippen LogP contribution in [0.4, 0.5) is 0 Å². The van der Waals surface area contributed by atoms with Crippen molar-refractivity contribution < 1.29 is 4.79 Å². The standard InChI is InChI=1S/C15H28N6O/c1-14(2,3)21-19-12(18-20-21)10-13(22)17-11-15(16)8-6-4-5-7-9-15/h4-11,16H2,1-3H3,(H,17,22). The lowest BCUT2D eigenvalue weighted by Gasteiger charge is -2.28. The fourth-order valence-corrected chi connectivity index (χ4v) is 2.69. The molecule has 1 aromatic rings. The van der Waals surface area contributed by atoms with Crippen LogP contribution in [-0.4, -0.2) is 38.2 Å². The molecule has 0 radical (unpaired) electrons. The molecule has 0 atom stereocenters. The van der Waals surface area contributed by atoms with Gasteiger partial charge in [-0.1, -0.05) is 25.7 Å². The predicted molar refractivity (Wildman–Crippen MR) is 84.1 cm³/mol. The number of carbonyl (C=O) groups is 1. The number of aromatic nitrogens is 4. The Bertz CT molecular complexity index is 496. The minimum Gasteiger partial charge on any atom is -0.354 e. The van der Waals surface area contributed by atoms with Crippen LogP contribution in [0.3, 0.4) is 0 Å². The second kappa shape index (κ2) is 6.73. The number of nitrogens with one attached hydrogen (secondary N) is 1. The molecule has 22 heavy (non-hydrogen) atoms. The molecule has 7 nitrogen and oxygen atoms in total. The van der Waals surface area contributed by atoms with E-state index in [2.05, 4.69) is 20.7 Å². The van der Waals surface area contributed by atoms with Crippen LogP contribution in [0.25, 0.3) is 0 Å². The third-order valence-electron chi connectivity index (χ3n) is 4.11. The molecule has 1 fully saturated rings. The molecule has 124 valence electrons. The lowest BCUT2D eigenvalue weighted by Crippen LogP contribution is -2.50. The van der Waals surface area contributed by atoms with Crippen LogP contribution in [0.5, 0.6) is 0 Å². The molecule has 1 aliphatic rings. The highest BCUT2D eigenvalue weighted by atomic mass is 16.1. The van der Waals surface area contributed by atoms with Gasteiger partial charge in [-0.15, -0.1) is 10.2 Å². The van der Waals surface area contributed by atoms with E-state index in [4.69, 9.17) is 5.73 Å². The lowest BCUT2D eigenvalue weighted by molar-refractivity contribution is -0.120. The van der Waals surface area contributed by atoms with Gasteiger partial charge >= 0.3 is 0 Å². The van der Waals surface area contributed by atoms with Crippen molar-refractivity contribution in [2.24, 2.45) is 5.73 Å². The van der Waals surface area contributed by atoms with Gasteiger partial charge in [-0.2, -0.15) is 4.80 Å². The first-order chi connectivity index (χ1) is 10.3. The summed E-state index contributed by atoms with van der Waals surface area (Å²) < 4.78 is 0. The predicted octanol–water partition coefficient (Wildman–Crippen LogP) is 1.14. The van der Waals surface area contributed by atoms with Crippen LogP contribution in [0.2, 0.25) is 0 Å². The molecule has 7 heteroatoms. The molecule has 0 unspecified atom stereocenters. The summed E-state index contributed by atoms with van der Waals surface area (Å²) in [5, 5.41) is 15.1. The molecule has 0 spiro atoms. The van der Waals surface area contributed by atoms with Crippen molar-refractivity contribution >= 4 is 5.91 Å². The zero-order valence-electron chi connectivity index (χ0n) is 13.9. The summed E-state index contributed by atoms with van der Waals surface area (Å²) >= 11 is 0. The number of tetrazole rings is 1. The van der Waals surface area contributed by atoms with E-state index >= 15 is 0 Å². The van der Waals surface area contributed by atoms with Gasteiger partial charge in [0, 0.05) is 12.1 Å². The van der Waals surface area contributed by atoms with E-state index in [1.807, 2.05) is 20.8 Å². The maximum atomic E-state index is 12.1. The number of hydrogen-bond acceptors (Lipinski definition) is 5. The second-order valence-corrected chi connectivity index (χ2v) is 7.40. The second-order valence-electron chi connectivity index (χ2n) is 7.40. The SMILES string of the molecule is CC(C)(C)n1nnc(CC(=O)NCC2(N)CCCCCC2)n1. The van der Waals surface area contributed by atoms with Crippen LogP contribution in [0, 0.1) is 0 Å². The maximum absolute atomic E-state index is 12.1. The number of carbonyl (C=O) groups excluding carboxylic acids is 1. The van der Waals surface area contributed by atoms with Gasteiger partial charge in [0.15, 0.2) is 5.82 Å². The Morgan fingerprint density at radius 2 is 1.91 bits per heavy atom. The first kappa shape index (κ1) is 16.9. The Morgan fingerprint density at radius 1 is 1.27 bits per heavy atom. The summed E-state index contributed by atoms with van der Waals surface area (Å²) in [6, 6.07) is 0. The number of nitrogens with two attached hydrogens (primary N) is 1. The van der Waals surface area contributed by atoms with E-state index in [9.17, 15) is 4.79 Å². The Labute approximate surface area is 132 Å². The highest BCUT2D eigenvalue weighted by Gasteiger charge is 2.27. The Hall–Kier alpha value is -1.50. The largest absolute Gasteiger partial charge is 0.354 e. The van der Waals surface area contributed by atoms with Crippen molar-refractivity contribution in [2.75, 3.05) is 6.54 Å². The Morgan fingerprint density at radius 3 is 2.45 bits per heavy atom. The van der Waals surface area contributed by atoms with Gasteiger partial charge in [-0.3, -0.25) is 4.79 Å². The van der Waals surface area contributed by atoms with Gasteiger partial charge in [0.05, 0.1) is 12.0 Å². The Balaban J connectivity index is 1.84. The fraction of sp³-hybridized carbons (Fsp3) is 0.867. The van der Waals surface area contributed by atoms with Crippen molar-refractivity contribution in [2.45, 2.75) is 76.8 Å². The van der Waals surface area contributed by atoms with Crippen molar-refractivity contribution in [1.29, 1.82) is 0 Å². The van der Waals surface area contributed by atoms with Crippen molar-refractivity contribution in [1.82, 2.24) is 25.5 Å². The molecule has 0 aromatic carbocycles. The van der Waals surface area contributed by atoms with Gasteiger partial charge < -0.3 is 11.1 Å². The molecule has 1 amide bonds. The molecule has 3 N–H and O–H groups in total. The molecular formula is C15H28N6O. The first-order valence-electron chi connectivity index (χ1n) is 8.13. The minimum absolute atomic E-state index is 0.0949. The quantitative estimate of drug-likeness (QED) is 0.813. The summed E-state index contributed by atoms with van der Waals surface area (Å²) in [5.74, 6) is 0.349. The molecule has 0 aliphatic heterocycles. The van der Waals surface area contributed by atoms with Gasteiger partial charge in [0.1, 0.15) is 0 Å². The maximum Gasteiger partial charge on any atom is 0.227 e. The van der Waals surface area contributed by atoms with Crippen molar-refractivity contribution in [3.63, 3.8) is 0 Å². The molecule has 0 bridgehead atoms. The summed E-state index contributed by atoms with van der Waals surface area (Å²) in [7, 11) is 0. The zero-order valence-corrected chi connectivity index (χ0v) is 13.9. The van der Waals surface area contributed by atoms with Gasteiger partial charge in [0.2, 0.25) is 5.91 Å². The topological polar surface area (TPSA) is 98.7 Å². The van der Waals surface area contributed by atoms with E-state index in [0.29, 0.717) is 12.4 Å². The average molecular weight is 308 g/mol. The van der Waals surface area contributed by atoms with Gasteiger partial charge in [-0.25, -0.2) is 0 Å². The summed E-state index contributed by atoms with van der Waals surface area (Å²) in [4.78, 5) is 13.6. The molecule has 0 saturated heterocycles. The van der Waals surface area contributed by atoms with Crippen LogP contribution in [-0.2, 0) is 16.8 Å². The highest BCUT2D eigenvalue weighted by molar-refractivity contribution is 5.77. The van der Waals surface area contributed by atoms with E-state index < -0.39 is 0 Å². The van der Waals surface area contributed by atoms with E-state index in [1.165, 1.54) is 17.6 Å². The average Bonchev–Trinajstić information content (AvgIpc) is 2.79. The minimum atomic E-state index is -0.261. The van der Waals surface area contributed by atoms with Crippen LogP contribution in [0.15, 0.2) is 0 Å². The zero-order chi connectivity index (χ0) is 16.2. The molecule has 2 rings (SSSR count). The molecular weight excluding hydrogens is 280 g/mol. The summed E-state index contributed by atoms with van der Waals surface area (Å²) in [6.45, 7) is 6.49. The molecule has 1 aromatic heterocycles. The first-order valence-corrected chi connectivity index (χ1v) is 8.13. The monoisotopic (exact) mass is 308 g/mol. The number of hydrogen-bond donors (Lipinski definition) is 2. The Kier molecular flexibility index (Phi) is 5.16. The summed E-state index contributed by atoms with van der Waals surface area (Å²) in [5.41, 5.74) is 5.91. The molecule has 1 aliphatic carbocycles. The number of rotatable bonds is 4. The van der Waals surface area contributed by atoms with Gasteiger partial charge in [-0.05, 0) is 38.8 Å².